The van der Waals surface area contributed by atoms with Gasteiger partial charge in [0.05, 0.1) is 6.61 Å². The fraction of sp³-hybridized carbons (Fsp3) is 0.526. The van der Waals surface area contributed by atoms with Crippen molar-refractivity contribution < 1.29 is 9.13 Å². The van der Waals surface area contributed by atoms with Crippen LogP contribution in [-0.2, 0) is 12.8 Å². The first-order valence-electron chi connectivity index (χ1n) is 16.1. The van der Waals surface area contributed by atoms with Crippen molar-refractivity contribution in [2.75, 3.05) is 6.61 Å². The number of benzene rings is 3. The zero-order valence-corrected chi connectivity index (χ0v) is 25.9. The molecule has 0 radical (unpaired) electrons. The van der Waals surface area contributed by atoms with Crippen molar-refractivity contribution in [3.05, 3.63) is 77.1 Å². The molecule has 0 aromatic heterocycles. The van der Waals surface area contributed by atoms with E-state index in [-0.39, 0.29) is 5.82 Å². The maximum Gasteiger partial charge on any atom is 0.131 e. The van der Waals surface area contributed by atoms with Gasteiger partial charge in [-0.05, 0) is 101 Å². The van der Waals surface area contributed by atoms with Crippen LogP contribution in [0, 0.1) is 17.2 Å². The molecule has 1 nitrogen and oxygen atoms in total. The second-order valence-corrected chi connectivity index (χ2v) is 12.3. The van der Waals surface area contributed by atoms with Crippen LogP contribution in [0.15, 0.2) is 54.6 Å². The van der Waals surface area contributed by atoms with Crippen molar-refractivity contribution in [2.24, 2.45) is 11.3 Å². The Labute approximate surface area is 243 Å². The van der Waals surface area contributed by atoms with Gasteiger partial charge in [0.2, 0.25) is 0 Å². The normalized spacial score (nSPS) is 17.7. The van der Waals surface area contributed by atoms with E-state index in [2.05, 4.69) is 84.0 Å². The van der Waals surface area contributed by atoms with E-state index in [4.69, 9.17) is 4.74 Å². The lowest BCUT2D eigenvalue weighted by molar-refractivity contribution is 0.173. The van der Waals surface area contributed by atoms with Gasteiger partial charge in [0.1, 0.15) is 11.6 Å². The van der Waals surface area contributed by atoms with E-state index < -0.39 is 0 Å². The van der Waals surface area contributed by atoms with Crippen molar-refractivity contribution in [3.8, 4) is 28.0 Å². The van der Waals surface area contributed by atoms with Gasteiger partial charge in [-0.15, -0.1) is 0 Å². The minimum absolute atomic E-state index is 0.0982. The summed E-state index contributed by atoms with van der Waals surface area (Å²) in [4.78, 5) is 0. The summed E-state index contributed by atoms with van der Waals surface area (Å²) < 4.78 is 21.7. The lowest BCUT2D eigenvalue weighted by Gasteiger charge is -2.30. The van der Waals surface area contributed by atoms with Gasteiger partial charge in [-0.25, -0.2) is 4.39 Å². The van der Waals surface area contributed by atoms with Crippen LogP contribution in [0.25, 0.3) is 22.3 Å². The van der Waals surface area contributed by atoms with Crippen LogP contribution >= 0.6 is 0 Å². The molecule has 1 fully saturated rings. The van der Waals surface area contributed by atoms with Crippen molar-refractivity contribution in [1.29, 1.82) is 0 Å². The van der Waals surface area contributed by atoms with Crippen LogP contribution in [0.3, 0.4) is 0 Å². The van der Waals surface area contributed by atoms with Crippen molar-refractivity contribution in [3.63, 3.8) is 0 Å². The molecule has 4 rings (SSSR count). The molecule has 0 atom stereocenters. The summed E-state index contributed by atoms with van der Waals surface area (Å²) >= 11 is 0. The molecule has 1 saturated carbocycles. The Morgan fingerprint density at radius 3 is 1.95 bits per heavy atom. The average Bonchev–Trinajstić information content (AvgIpc) is 2.99. The minimum Gasteiger partial charge on any atom is -0.493 e. The van der Waals surface area contributed by atoms with Crippen molar-refractivity contribution in [2.45, 2.75) is 112 Å². The number of halogens is 1. The second kappa shape index (κ2) is 13.8. The molecule has 0 heterocycles. The van der Waals surface area contributed by atoms with E-state index in [9.17, 15) is 0 Å². The molecule has 1 aliphatic carbocycles. The third-order valence-electron chi connectivity index (χ3n) is 10.2. The molecule has 40 heavy (non-hydrogen) atoms. The first-order chi connectivity index (χ1) is 19.4. The number of aryl methyl sites for hydroxylation is 2. The SMILES string of the molecule is CCc1cc(-c2ccc(-c3ccc(C4CCC(C)CC4)cc3F)cc2CC)ccc1OCCC(CC)(CC)CC. The summed E-state index contributed by atoms with van der Waals surface area (Å²) in [5.41, 5.74) is 8.15. The molecule has 2 heteroatoms. The standard InChI is InChI=1S/C38H51FO/c1-7-28-24-33(35-20-16-31(26-36(35)39)30-14-12-27(6)13-15-30)17-19-34(28)32-18-21-37(29(8-2)25-32)40-23-22-38(9-3,10-4)11-5/h16-21,24-27,30H,7-15,22-23H2,1-6H3. The number of hydrogen-bond acceptors (Lipinski definition) is 1. The van der Waals surface area contributed by atoms with Crippen molar-refractivity contribution >= 4 is 0 Å². The lowest BCUT2D eigenvalue weighted by Crippen LogP contribution is -2.21. The van der Waals surface area contributed by atoms with Crippen LogP contribution in [0.5, 0.6) is 5.75 Å². The highest BCUT2D eigenvalue weighted by Gasteiger charge is 2.24. The molecule has 0 aliphatic heterocycles. The number of rotatable bonds is 12. The molecule has 0 amide bonds. The first kappa shape index (κ1) is 30.4. The first-order valence-corrected chi connectivity index (χ1v) is 16.1. The molecule has 3 aromatic rings. The van der Waals surface area contributed by atoms with E-state index in [1.165, 1.54) is 72.8 Å². The van der Waals surface area contributed by atoms with E-state index in [0.717, 1.165) is 43.1 Å². The fourth-order valence-corrected chi connectivity index (χ4v) is 6.77. The quantitative estimate of drug-likeness (QED) is 0.221. The highest BCUT2D eigenvalue weighted by atomic mass is 19.1. The van der Waals surface area contributed by atoms with Crippen LogP contribution in [0.1, 0.15) is 116 Å². The molecular weight excluding hydrogens is 491 g/mol. The third-order valence-corrected chi connectivity index (χ3v) is 10.2. The number of hydrogen-bond donors (Lipinski definition) is 0. The van der Waals surface area contributed by atoms with Gasteiger partial charge in [0.25, 0.3) is 0 Å². The second-order valence-electron chi connectivity index (χ2n) is 12.3. The summed E-state index contributed by atoms with van der Waals surface area (Å²) in [6, 6.07) is 19.0. The monoisotopic (exact) mass is 542 g/mol. The van der Waals surface area contributed by atoms with Crippen LogP contribution in [-0.4, -0.2) is 6.61 Å². The Hall–Kier alpha value is -2.61. The van der Waals surface area contributed by atoms with Gasteiger partial charge in [0, 0.05) is 5.56 Å². The molecular formula is C38H51FO. The topological polar surface area (TPSA) is 9.23 Å². The Morgan fingerprint density at radius 2 is 1.32 bits per heavy atom. The summed E-state index contributed by atoms with van der Waals surface area (Å²) in [6.45, 7) is 14.4. The molecule has 0 bridgehead atoms. The Kier molecular flexibility index (Phi) is 10.5. The van der Waals surface area contributed by atoms with Crippen LogP contribution < -0.4 is 4.74 Å². The third kappa shape index (κ3) is 6.81. The zero-order chi connectivity index (χ0) is 28.7. The summed E-state index contributed by atoms with van der Waals surface area (Å²) in [6.07, 6.45) is 11.4. The van der Waals surface area contributed by atoms with Crippen LogP contribution in [0.4, 0.5) is 4.39 Å². The van der Waals surface area contributed by atoms with Crippen LogP contribution in [0.2, 0.25) is 0 Å². The van der Waals surface area contributed by atoms with E-state index in [0.29, 0.717) is 16.9 Å². The lowest BCUT2D eigenvalue weighted by atomic mass is 9.77. The molecule has 0 saturated heterocycles. The molecule has 0 unspecified atom stereocenters. The summed E-state index contributed by atoms with van der Waals surface area (Å²) in [5.74, 6) is 2.21. The maximum atomic E-state index is 15.4. The molecule has 216 valence electrons. The van der Waals surface area contributed by atoms with Crippen molar-refractivity contribution in [1.82, 2.24) is 0 Å². The highest BCUT2D eigenvalue weighted by Crippen LogP contribution is 2.39. The Balaban J connectivity index is 1.53. The van der Waals surface area contributed by atoms with Gasteiger partial charge >= 0.3 is 0 Å². The zero-order valence-electron chi connectivity index (χ0n) is 25.9. The predicted octanol–water partition coefficient (Wildman–Crippen LogP) is 11.6. The fourth-order valence-electron chi connectivity index (χ4n) is 6.77. The van der Waals surface area contributed by atoms with Gasteiger partial charge in [0.15, 0.2) is 0 Å². The van der Waals surface area contributed by atoms with Gasteiger partial charge < -0.3 is 4.74 Å². The molecule has 3 aromatic carbocycles. The van der Waals surface area contributed by atoms with E-state index in [1.807, 2.05) is 6.07 Å². The molecule has 0 N–H and O–H groups in total. The smallest absolute Gasteiger partial charge is 0.131 e. The van der Waals surface area contributed by atoms with E-state index in [1.54, 1.807) is 6.07 Å². The van der Waals surface area contributed by atoms with Gasteiger partial charge in [-0.1, -0.05) is 110 Å². The molecule has 1 aliphatic rings. The summed E-state index contributed by atoms with van der Waals surface area (Å²) in [5, 5.41) is 0. The largest absolute Gasteiger partial charge is 0.493 e. The summed E-state index contributed by atoms with van der Waals surface area (Å²) in [7, 11) is 0. The maximum absolute atomic E-state index is 15.4. The average molecular weight is 543 g/mol. The van der Waals surface area contributed by atoms with Gasteiger partial charge in [-0.2, -0.15) is 0 Å². The highest BCUT2D eigenvalue weighted by molar-refractivity contribution is 5.75. The Morgan fingerprint density at radius 1 is 0.725 bits per heavy atom. The Bertz CT molecular complexity index is 1240. The minimum atomic E-state index is -0.0982. The van der Waals surface area contributed by atoms with E-state index >= 15 is 4.39 Å². The molecule has 0 spiro atoms. The number of ether oxygens (including phenoxy) is 1. The van der Waals surface area contributed by atoms with Gasteiger partial charge in [-0.3, -0.25) is 0 Å². The predicted molar refractivity (Wildman–Crippen MR) is 170 cm³/mol.